The van der Waals surface area contributed by atoms with Gasteiger partial charge in [-0.15, -0.1) is 0 Å². The number of hydrogen-bond donors (Lipinski definition) is 1. The van der Waals surface area contributed by atoms with Gasteiger partial charge in [-0.3, -0.25) is 4.18 Å². The fourth-order valence-electron chi connectivity index (χ4n) is 0.980. The summed E-state index contributed by atoms with van der Waals surface area (Å²) in [7, 11) is -3.76. The highest BCUT2D eigenvalue weighted by molar-refractivity contribution is 7.84. The molecule has 0 saturated heterocycles. The Labute approximate surface area is 86.4 Å². The highest BCUT2D eigenvalue weighted by Gasteiger charge is 1.98. The molecule has 0 amide bonds. The molecule has 0 aliphatic heterocycles. The van der Waals surface area contributed by atoms with Crippen molar-refractivity contribution < 1.29 is 12.6 Å². The molecule has 0 aromatic rings. The van der Waals surface area contributed by atoms with Gasteiger partial charge >= 0.3 is 10.3 Å². The van der Waals surface area contributed by atoms with Crippen LogP contribution in [0.1, 0.15) is 39.0 Å². The van der Waals surface area contributed by atoms with E-state index in [1.807, 2.05) is 12.2 Å². The van der Waals surface area contributed by atoms with Crippen molar-refractivity contribution in [2.45, 2.75) is 39.0 Å². The summed E-state index contributed by atoms with van der Waals surface area (Å²) in [6.45, 7) is 2.28. The molecule has 0 rings (SSSR count). The van der Waals surface area contributed by atoms with Gasteiger partial charge in [-0.25, -0.2) is 5.14 Å². The van der Waals surface area contributed by atoms with E-state index in [9.17, 15) is 8.42 Å². The zero-order valence-electron chi connectivity index (χ0n) is 8.61. The Bertz CT molecular complexity index is 247. The molecule has 0 aliphatic carbocycles. The van der Waals surface area contributed by atoms with Crippen LogP contribution in [0.3, 0.4) is 0 Å². The van der Waals surface area contributed by atoms with Crippen LogP contribution in [0, 0.1) is 0 Å². The number of unbranched alkanes of at least 4 members (excludes halogenated alkanes) is 3. The summed E-state index contributed by atoms with van der Waals surface area (Å²) >= 11 is 0. The summed E-state index contributed by atoms with van der Waals surface area (Å²) in [4.78, 5) is 0. The van der Waals surface area contributed by atoms with Gasteiger partial charge in [0, 0.05) is 0 Å². The van der Waals surface area contributed by atoms with Crippen molar-refractivity contribution in [2.75, 3.05) is 6.61 Å². The standard InChI is InChI=1S/C9H19NO3S/c1-2-3-4-5-6-7-8-9-13-14(10,11)12/h6-7H,2-5,8-9H2,1H3,(H2,10,11,12)/b7-6-. The van der Waals surface area contributed by atoms with Crippen LogP contribution in [0.4, 0.5) is 0 Å². The first-order valence-electron chi connectivity index (χ1n) is 4.88. The summed E-state index contributed by atoms with van der Waals surface area (Å²) in [5, 5.41) is 4.64. The normalized spacial score (nSPS) is 12.4. The number of hydrogen-bond acceptors (Lipinski definition) is 3. The molecule has 0 bridgehead atoms. The smallest absolute Gasteiger partial charge is 0.258 e. The summed E-state index contributed by atoms with van der Waals surface area (Å²) < 4.78 is 25.0. The van der Waals surface area contributed by atoms with Crippen LogP contribution in [0.15, 0.2) is 12.2 Å². The van der Waals surface area contributed by atoms with E-state index in [4.69, 9.17) is 0 Å². The zero-order chi connectivity index (χ0) is 10.9. The fraction of sp³-hybridized carbons (Fsp3) is 0.778. The SMILES string of the molecule is CCCCC/C=C\CCOS(N)(=O)=O. The monoisotopic (exact) mass is 221 g/mol. The van der Waals surface area contributed by atoms with Crippen LogP contribution in [-0.2, 0) is 14.5 Å². The largest absolute Gasteiger partial charge is 0.333 e. The molecular formula is C9H19NO3S. The molecule has 0 atom stereocenters. The van der Waals surface area contributed by atoms with Gasteiger partial charge in [0.15, 0.2) is 0 Å². The van der Waals surface area contributed by atoms with E-state index in [-0.39, 0.29) is 6.61 Å². The van der Waals surface area contributed by atoms with Crippen molar-refractivity contribution in [3.8, 4) is 0 Å². The van der Waals surface area contributed by atoms with E-state index in [0.29, 0.717) is 6.42 Å². The first kappa shape index (κ1) is 13.6. The number of allylic oxidation sites excluding steroid dienone is 1. The van der Waals surface area contributed by atoms with Crippen molar-refractivity contribution in [1.29, 1.82) is 0 Å². The van der Waals surface area contributed by atoms with Gasteiger partial charge in [0.05, 0.1) is 6.61 Å². The number of nitrogens with two attached hydrogens (primary N) is 1. The minimum atomic E-state index is -3.76. The van der Waals surface area contributed by atoms with E-state index in [0.717, 1.165) is 6.42 Å². The molecule has 0 heterocycles. The summed E-state index contributed by atoms with van der Waals surface area (Å²) in [6.07, 6.45) is 9.22. The topological polar surface area (TPSA) is 69.4 Å². The predicted molar refractivity (Wildman–Crippen MR) is 57.0 cm³/mol. The maximum absolute atomic E-state index is 10.3. The third kappa shape index (κ3) is 11.6. The molecule has 84 valence electrons. The molecule has 0 aromatic heterocycles. The van der Waals surface area contributed by atoms with Gasteiger partial charge in [-0.05, 0) is 19.3 Å². The van der Waals surface area contributed by atoms with Gasteiger partial charge < -0.3 is 0 Å². The Morgan fingerprint density at radius 1 is 1.21 bits per heavy atom. The third-order valence-electron chi connectivity index (χ3n) is 1.67. The van der Waals surface area contributed by atoms with Crippen LogP contribution < -0.4 is 5.14 Å². The molecule has 0 fully saturated rings. The first-order chi connectivity index (χ1) is 6.56. The predicted octanol–water partition coefficient (Wildman–Crippen LogP) is 1.73. The van der Waals surface area contributed by atoms with Crippen molar-refractivity contribution in [1.82, 2.24) is 0 Å². The lowest BCUT2D eigenvalue weighted by molar-refractivity contribution is 0.325. The average Bonchev–Trinajstić information content (AvgIpc) is 2.08. The van der Waals surface area contributed by atoms with Crippen molar-refractivity contribution in [3.05, 3.63) is 12.2 Å². The van der Waals surface area contributed by atoms with Gasteiger partial charge in [0.2, 0.25) is 0 Å². The molecule has 0 spiro atoms. The van der Waals surface area contributed by atoms with Crippen LogP contribution in [-0.4, -0.2) is 15.0 Å². The zero-order valence-corrected chi connectivity index (χ0v) is 9.42. The Kier molecular flexibility index (Phi) is 7.74. The quantitative estimate of drug-likeness (QED) is 0.501. The maximum atomic E-state index is 10.3. The van der Waals surface area contributed by atoms with E-state index < -0.39 is 10.3 Å². The second-order valence-corrected chi connectivity index (χ2v) is 4.29. The van der Waals surface area contributed by atoms with Gasteiger partial charge in [-0.1, -0.05) is 31.9 Å². The lowest BCUT2D eigenvalue weighted by Crippen LogP contribution is -2.16. The van der Waals surface area contributed by atoms with Crippen molar-refractivity contribution in [3.63, 3.8) is 0 Å². The first-order valence-corrected chi connectivity index (χ1v) is 6.35. The van der Waals surface area contributed by atoms with E-state index in [2.05, 4.69) is 16.2 Å². The molecule has 0 radical (unpaired) electrons. The van der Waals surface area contributed by atoms with Crippen LogP contribution in [0.2, 0.25) is 0 Å². The van der Waals surface area contributed by atoms with Gasteiger partial charge in [0.25, 0.3) is 0 Å². The highest BCUT2D eigenvalue weighted by atomic mass is 32.2. The summed E-state index contributed by atoms with van der Waals surface area (Å²) in [5.74, 6) is 0. The molecule has 4 nitrogen and oxygen atoms in total. The van der Waals surface area contributed by atoms with E-state index >= 15 is 0 Å². The van der Waals surface area contributed by atoms with E-state index in [1.165, 1.54) is 19.3 Å². The van der Waals surface area contributed by atoms with Crippen molar-refractivity contribution in [2.24, 2.45) is 5.14 Å². The van der Waals surface area contributed by atoms with Crippen LogP contribution in [0.25, 0.3) is 0 Å². The minimum absolute atomic E-state index is 0.128. The molecule has 5 heteroatoms. The summed E-state index contributed by atoms with van der Waals surface area (Å²) in [6, 6.07) is 0. The highest BCUT2D eigenvalue weighted by Crippen LogP contribution is 2.00. The van der Waals surface area contributed by atoms with Crippen LogP contribution >= 0.6 is 0 Å². The molecule has 0 saturated carbocycles. The summed E-state index contributed by atoms with van der Waals surface area (Å²) in [5.41, 5.74) is 0. The Morgan fingerprint density at radius 2 is 1.86 bits per heavy atom. The van der Waals surface area contributed by atoms with Crippen molar-refractivity contribution >= 4 is 10.3 Å². The number of rotatable bonds is 8. The Hall–Kier alpha value is -0.390. The third-order valence-corrected chi connectivity index (χ3v) is 2.17. The fourth-order valence-corrected chi connectivity index (χ4v) is 1.31. The Balaban J connectivity index is 3.28. The molecule has 0 unspecified atom stereocenters. The van der Waals surface area contributed by atoms with Gasteiger partial charge in [0.1, 0.15) is 0 Å². The molecule has 0 aromatic carbocycles. The Morgan fingerprint density at radius 3 is 2.43 bits per heavy atom. The molecular weight excluding hydrogens is 202 g/mol. The average molecular weight is 221 g/mol. The van der Waals surface area contributed by atoms with Gasteiger partial charge in [-0.2, -0.15) is 8.42 Å². The second-order valence-electron chi connectivity index (χ2n) is 3.07. The lowest BCUT2D eigenvalue weighted by atomic mass is 10.2. The minimum Gasteiger partial charge on any atom is -0.258 e. The molecule has 2 N–H and O–H groups in total. The lowest BCUT2D eigenvalue weighted by Gasteiger charge is -1.96. The second kappa shape index (κ2) is 7.96. The molecule has 0 aliphatic rings. The van der Waals surface area contributed by atoms with E-state index in [1.54, 1.807) is 0 Å². The van der Waals surface area contributed by atoms with Crippen LogP contribution in [0.5, 0.6) is 0 Å². The molecule has 14 heavy (non-hydrogen) atoms. The maximum Gasteiger partial charge on any atom is 0.333 e.